The predicted octanol–water partition coefficient (Wildman–Crippen LogP) is 4.40. The Morgan fingerprint density at radius 3 is 1.50 bits per heavy atom. The molecule has 2 unspecified atom stereocenters. The van der Waals surface area contributed by atoms with Gasteiger partial charge in [0.15, 0.2) is 0 Å². The summed E-state index contributed by atoms with van der Waals surface area (Å²) in [6.07, 6.45) is 0.343. The standard InChI is InChI=1S/C19H22O3/c1-15(13-17-9-5-3-6-10-17)21-19(20)22-16(2)14-18-11-7-4-8-12-18/h3-12,15-16H,13-14H2,1-2H3. The van der Waals surface area contributed by atoms with E-state index >= 15 is 0 Å². The number of hydrogen-bond acceptors (Lipinski definition) is 3. The molecular formula is C19H22O3. The van der Waals surface area contributed by atoms with Crippen molar-refractivity contribution in [2.75, 3.05) is 0 Å². The molecular weight excluding hydrogens is 276 g/mol. The smallest absolute Gasteiger partial charge is 0.431 e. The van der Waals surface area contributed by atoms with Crippen LogP contribution >= 0.6 is 0 Å². The first-order valence-corrected chi connectivity index (χ1v) is 7.58. The Kier molecular flexibility index (Phi) is 6.01. The second-order valence-electron chi connectivity index (χ2n) is 5.49. The summed E-state index contributed by atoms with van der Waals surface area (Å²) in [4.78, 5) is 11.8. The van der Waals surface area contributed by atoms with Gasteiger partial charge < -0.3 is 9.47 Å². The fourth-order valence-electron chi connectivity index (χ4n) is 2.33. The van der Waals surface area contributed by atoms with Crippen LogP contribution in [0.5, 0.6) is 0 Å². The summed E-state index contributed by atoms with van der Waals surface area (Å²) < 4.78 is 10.6. The van der Waals surface area contributed by atoms with Gasteiger partial charge in [0.25, 0.3) is 0 Å². The molecule has 2 aromatic carbocycles. The van der Waals surface area contributed by atoms with Crippen molar-refractivity contribution in [1.82, 2.24) is 0 Å². The van der Waals surface area contributed by atoms with Crippen molar-refractivity contribution in [2.45, 2.75) is 38.9 Å². The quantitative estimate of drug-likeness (QED) is 0.741. The van der Waals surface area contributed by atoms with Gasteiger partial charge in [-0.2, -0.15) is 0 Å². The maximum absolute atomic E-state index is 11.8. The van der Waals surface area contributed by atoms with Crippen LogP contribution in [0.2, 0.25) is 0 Å². The minimum atomic E-state index is -0.605. The summed E-state index contributed by atoms with van der Waals surface area (Å²) in [5, 5.41) is 0. The number of carbonyl (C=O) groups excluding carboxylic acids is 1. The molecule has 0 bridgehead atoms. The summed E-state index contributed by atoms with van der Waals surface area (Å²) in [6.45, 7) is 3.74. The zero-order chi connectivity index (χ0) is 15.8. The first kappa shape index (κ1) is 16.1. The molecule has 2 atom stereocenters. The molecule has 0 aliphatic heterocycles. The molecule has 0 amide bonds. The van der Waals surface area contributed by atoms with Crippen LogP contribution in [0, 0.1) is 0 Å². The van der Waals surface area contributed by atoms with Gasteiger partial charge in [-0.3, -0.25) is 0 Å². The van der Waals surface area contributed by atoms with E-state index in [1.54, 1.807) is 0 Å². The van der Waals surface area contributed by atoms with E-state index in [0.717, 1.165) is 11.1 Å². The minimum absolute atomic E-state index is 0.209. The van der Waals surface area contributed by atoms with Crippen molar-refractivity contribution >= 4 is 6.16 Å². The molecule has 2 rings (SSSR count). The Hall–Kier alpha value is -2.29. The lowest BCUT2D eigenvalue weighted by Crippen LogP contribution is -2.23. The Balaban J connectivity index is 1.75. The summed E-state index contributed by atoms with van der Waals surface area (Å²) >= 11 is 0. The summed E-state index contributed by atoms with van der Waals surface area (Å²) in [5.41, 5.74) is 2.28. The van der Waals surface area contributed by atoms with E-state index in [1.807, 2.05) is 74.5 Å². The van der Waals surface area contributed by atoms with Crippen LogP contribution in [0.1, 0.15) is 25.0 Å². The highest BCUT2D eigenvalue weighted by molar-refractivity contribution is 5.60. The SMILES string of the molecule is CC(Cc1ccccc1)OC(=O)OC(C)Cc1ccccc1. The highest BCUT2D eigenvalue weighted by Gasteiger charge is 2.15. The molecule has 0 saturated carbocycles. The van der Waals surface area contributed by atoms with Gasteiger partial charge in [-0.1, -0.05) is 60.7 Å². The number of ether oxygens (including phenoxy) is 2. The Morgan fingerprint density at radius 2 is 1.14 bits per heavy atom. The van der Waals surface area contributed by atoms with Gasteiger partial charge in [0.05, 0.1) is 0 Å². The third-order valence-electron chi connectivity index (χ3n) is 3.33. The van der Waals surface area contributed by atoms with Crippen LogP contribution in [0.15, 0.2) is 60.7 Å². The number of hydrogen-bond donors (Lipinski definition) is 0. The lowest BCUT2D eigenvalue weighted by Gasteiger charge is -2.17. The van der Waals surface area contributed by atoms with E-state index in [1.165, 1.54) is 0 Å². The maximum Gasteiger partial charge on any atom is 0.508 e. The molecule has 22 heavy (non-hydrogen) atoms. The Morgan fingerprint density at radius 1 is 0.773 bits per heavy atom. The fourth-order valence-corrected chi connectivity index (χ4v) is 2.33. The molecule has 0 heterocycles. The predicted molar refractivity (Wildman–Crippen MR) is 86.8 cm³/mol. The lowest BCUT2D eigenvalue weighted by molar-refractivity contribution is 0.00798. The van der Waals surface area contributed by atoms with Crippen molar-refractivity contribution in [1.29, 1.82) is 0 Å². The first-order chi connectivity index (χ1) is 10.6. The van der Waals surface area contributed by atoms with Crippen LogP contribution in [0.3, 0.4) is 0 Å². The summed E-state index contributed by atoms with van der Waals surface area (Å²) in [6, 6.07) is 19.9. The van der Waals surface area contributed by atoms with Crippen molar-refractivity contribution in [3.8, 4) is 0 Å². The van der Waals surface area contributed by atoms with Crippen LogP contribution in [-0.2, 0) is 22.3 Å². The van der Waals surface area contributed by atoms with Gasteiger partial charge >= 0.3 is 6.16 Å². The average Bonchev–Trinajstić information content (AvgIpc) is 2.48. The highest BCUT2D eigenvalue weighted by atomic mass is 16.7. The topological polar surface area (TPSA) is 35.5 Å². The number of benzene rings is 2. The van der Waals surface area contributed by atoms with Crippen molar-refractivity contribution in [2.24, 2.45) is 0 Å². The average molecular weight is 298 g/mol. The van der Waals surface area contributed by atoms with Crippen LogP contribution in [-0.4, -0.2) is 18.4 Å². The monoisotopic (exact) mass is 298 g/mol. The molecule has 3 heteroatoms. The zero-order valence-corrected chi connectivity index (χ0v) is 13.1. The Bertz CT molecular complexity index is 514. The van der Waals surface area contributed by atoms with E-state index in [9.17, 15) is 4.79 Å². The summed E-state index contributed by atoms with van der Waals surface area (Å²) in [7, 11) is 0. The van der Waals surface area contributed by atoms with Crippen molar-refractivity contribution < 1.29 is 14.3 Å². The van der Waals surface area contributed by atoms with Gasteiger partial charge in [-0.25, -0.2) is 4.79 Å². The molecule has 0 spiro atoms. The van der Waals surface area contributed by atoms with Crippen LogP contribution < -0.4 is 0 Å². The molecule has 0 saturated heterocycles. The Labute approximate surface area is 131 Å². The van der Waals surface area contributed by atoms with E-state index < -0.39 is 6.16 Å². The normalized spacial score (nSPS) is 13.2. The lowest BCUT2D eigenvalue weighted by atomic mass is 10.1. The molecule has 0 aromatic heterocycles. The zero-order valence-electron chi connectivity index (χ0n) is 13.1. The fraction of sp³-hybridized carbons (Fsp3) is 0.316. The molecule has 0 fully saturated rings. The first-order valence-electron chi connectivity index (χ1n) is 7.58. The minimum Gasteiger partial charge on any atom is -0.431 e. The maximum atomic E-state index is 11.8. The van der Waals surface area contributed by atoms with E-state index in [0.29, 0.717) is 12.8 Å². The van der Waals surface area contributed by atoms with Gasteiger partial charge in [0.1, 0.15) is 12.2 Å². The van der Waals surface area contributed by atoms with Gasteiger partial charge in [0.2, 0.25) is 0 Å². The van der Waals surface area contributed by atoms with Gasteiger partial charge in [-0.15, -0.1) is 0 Å². The highest BCUT2D eigenvalue weighted by Crippen LogP contribution is 2.09. The van der Waals surface area contributed by atoms with E-state index in [4.69, 9.17) is 9.47 Å². The largest absolute Gasteiger partial charge is 0.508 e. The van der Waals surface area contributed by atoms with Gasteiger partial charge in [0, 0.05) is 12.8 Å². The van der Waals surface area contributed by atoms with Crippen LogP contribution in [0.4, 0.5) is 4.79 Å². The molecule has 3 nitrogen and oxygen atoms in total. The summed E-state index contributed by atoms with van der Waals surface area (Å²) in [5.74, 6) is 0. The van der Waals surface area contributed by atoms with E-state index in [2.05, 4.69) is 0 Å². The second kappa shape index (κ2) is 8.23. The molecule has 0 N–H and O–H groups in total. The number of rotatable bonds is 6. The third kappa shape index (κ3) is 5.60. The number of carbonyl (C=O) groups is 1. The van der Waals surface area contributed by atoms with Crippen LogP contribution in [0.25, 0.3) is 0 Å². The molecule has 0 aliphatic carbocycles. The molecule has 0 radical (unpaired) electrons. The molecule has 0 aliphatic rings. The third-order valence-corrected chi connectivity index (χ3v) is 3.33. The second-order valence-corrected chi connectivity index (χ2v) is 5.49. The van der Waals surface area contributed by atoms with E-state index in [-0.39, 0.29) is 12.2 Å². The van der Waals surface area contributed by atoms with Crippen molar-refractivity contribution in [3.05, 3.63) is 71.8 Å². The van der Waals surface area contributed by atoms with Crippen molar-refractivity contribution in [3.63, 3.8) is 0 Å². The molecule has 116 valence electrons. The van der Waals surface area contributed by atoms with Gasteiger partial charge in [-0.05, 0) is 25.0 Å². The molecule has 2 aromatic rings.